The highest BCUT2D eigenvalue weighted by Gasteiger charge is 2.29. The SMILES string of the molecule is CCN(CC)C(=O)C1CCN(C(=O)CCNS(=O)(=O)c2ccc(C(C)(C)C)cc2)CC1. The van der Waals surface area contributed by atoms with E-state index in [9.17, 15) is 18.0 Å². The highest BCUT2D eigenvalue weighted by molar-refractivity contribution is 7.89. The number of sulfonamides is 1. The number of benzene rings is 1. The first-order valence-electron chi connectivity index (χ1n) is 11.2. The third kappa shape index (κ3) is 6.77. The minimum atomic E-state index is -3.66. The van der Waals surface area contributed by atoms with Gasteiger partial charge in [0.05, 0.1) is 4.90 Å². The molecule has 8 heteroatoms. The van der Waals surface area contributed by atoms with Crippen LogP contribution < -0.4 is 4.72 Å². The monoisotopic (exact) mass is 451 g/mol. The fraction of sp³-hybridized carbons (Fsp3) is 0.652. The average Bonchev–Trinajstić information content (AvgIpc) is 2.74. The summed E-state index contributed by atoms with van der Waals surface area (Å²) in [5.74, 6) is 0.0559. The number of carbonyl (C=O) groups is 2. The van der Waals surface area contributed by atoms with Crippen LogP contribution in [0.1, 0.15) is 59.4 Å². The first kappa shape index (κ1) is 25.3. The summed E-state index contributed by atoms with van der Waals surface area (Å²) in [7, 11) is -3.66. The van der Waals surface area contributed by atoms with E-state index in [1.54, 1.807) is 17.0 Å². The quantitative estimate of drug-likeness (QED) is 0.658. The molecule has 1 aliphatic rings. The predicted octanol–water partition coefficient (Wildman–Crippen LogP) is 2.76. The molecule has 1 fully saturated rings. The van der Waals surface area contributed by atoms with E-state index in [4.69, 9.17) is 0 Å². The summed E-state index contributed by atoms with van der Waals surface area (Å²) in [6.07, 6.45) is 1.42. The number of hydrogen-bond donors (Lipinski definition) is 1. The van der Waals surface area contributed by atoms with Crippen LogP contribution in [0.4, 0.5) is 0 Å². The summed E-state index contributed by atoms with van der Waals surface area (Å²) in [6.45, 7) is 12.7. The normalized spacial score (nSPS) is 15.7. The van der Waals surface area contributed by atoms with Crippen LogP contribution in [0, 0.1) is 5.92 Å². The van der Waals surface area contributed by atoms with Crippen LogP contribution in [0.5, 0.6) is 0 Å². The Morgan fingerprint density at radius 2 is 1.61 bits per heavy atom. The van der Waals surface area contributed by atoms with Crippen molar-refractivity contribution in [2.75, 3.05) is 32.7 Å². The Morgan fingerprint density at radius 3 is 2.10 bits per heavy atom. The summed E-state index contributed by atoms with van der Waals surface area (Å²) in [4.78, 5) is 28.7. The number of hydrogen-bond acceptors (Lipinski definition) is 4. The standard InChI is InChI=1S/C23H37N3O4S/c1-6-25(7-2)22(28)18-13-16-26(17-14-18)21(27)12-15-24-31(29,30)20-10-8-19(9-11-20)23(3,4)5/h8-11,18,24H,6-7,12-17H2,1-5H3. The van der Waals surface area contributed by atoms with Crippen LogP contribution in [-0.2, 0) is 25.0 Å². The van der Waals surface area contributed by atoms with Gasteiger partial charge in [0.1, 0.15) is 0 Å². The molecule has 0 aromatic heterocycles. The molecule has 174 valence electrons. The molecule has 0 aliphatic carbocycles. The second-order valence-electron chi connectivity index (χ2n) is 9.09. The van der Waals surface area contributed by atoms with E-state index in [1.807, 2.05) is 30.9 Å². The second-order valence-corrected chi connectivity index (χ2v) is 10.9. The average molecular weight is 452 g/mol. The molecule has 1 aliphatic heterocycles. The lowest BCUT2D eigenvalue weighted by atomic mass is 9.87. The van der Waals surface area contributed by atoms with Gasteiger partial charge in [0, 0.05) is 45.1 Å². The van der Waals surface area contributed by atoms with Crippen molar-refractivity contribution in [2.24, 2.45) is 5.92 Å². The Balaban J connectivity index is 1.82. The van der Waals surface area contributed by atoms with Crippen molar-refractivity contribution in [3.05, 3.63) is 29.8 Å². The molecular weight excluding hydrogens is 414 g/mol. The summed E-state index contributed by atoms with van der Waals surface area (Å²) < 4.78 is 27.5. The highest BCUT2D eigenvalue weighted by Crippen LogP contribution is 2.23. The van der Waals surface area contributed by atoms with Crippen molar-refractivity contribution in [1.29, 1.82) is 0 Å². The first-order valence-corrected chi connectivity index (χ1v) is 12.6. The number of nitrogens with one attached hydrogen (secondary N) is 1. The first-order chi connectivity index (χ1) is 14.5. The topological polar surface area (TPSA) is 86.8 Å². The van der Waals surface area contributed by atoms with E-state index in [0.29, 0.717) is 39.0 Å². The highest BCUT2D eigenvalue weighted by atomic mass is 32.2. The summed E-state index contributed by atoms with van der Waals surface area (Å²) in [5, 5.41) is 0. The van der Waals surface area contributed by atoms with Gasteiger partial charge in [-0.05, 0) is 49.8 Å². The number of likely N-dealkylation sites (tertiary alicyclic amines) is 1. The fourth-order valence-corrected chi connectivity index (χ4v) is 4.87. The predicted molar refractivity (Wildman–Crippen MR) is 122 cm³/mol. The molecule has 31 heavy (non-hydrogen) atoms. The van der Waals surface area contributed by atoms with Crippen LogP contribution in [-0.4, -0.2) is 62.8 Å². The molecule has 2 rings (SSSR count). The maximum Gasteiger partial charge on any atom is 0.240 e. The molecule has 1 N–H and O–H groups in total. The molecule has 0 unspecified atom stereocenters. The maximum atomic E-state index is 12.5. The van der Waals surface area contributed by atoms with Gasteiger partial charge < -0.3 is 9.80 Å². The van der Waals surface area contributed by atoms with E-state index in [1.165, 1.54) is 0 Å². The van der Waals surface area contributed by atoms with Gasteiger partial charge in [-0.1, -0.05) is 32.9 Å². The van der Waals surface area contributed by atoms with Gasteiger partial charge in [0.2, 0.25) is 21.8 Å². The molecular formula is C23H37N3O4S. The summed E-state index contributed by atoms with van der Waals surface area (Å²) in [6, 6.07) is 6.84. The fourth-order valence-electron chi connectivity index (χ4n) is 3.84. The molecule has 0 radical (unpaired) electrons. The molecule has 2 amide bonds. The van der Waals surface area contributed by atoms with Gasteiger partial charge in [-0.3, -0.25) is 9.59 Å². The Labute approximate surface area is 187 Å². The van der Waals surface area contributed by atoms with Crippen LogP contribution in [0.3, 0.4) is 0 Å². The van der Waals surface area contributed by atoms with Crippen molar-refractivity contribution in [3.63, 3.8) is 0 Å². The number of carbonyl (C=O) groups excluding carboxylic acids is 2. The zero-order valence-corrected chi connectivity index (χ0v) is 20.3. The van der Waals surface area contributed by atoms with Gasteiger partial charge in [-0.15, -0.1) is 0 Å². The van der Waals surface area contributed by atoms with E-state index in [2.05, 4.69) is 25.5 Å². The number of rotatable bonds is 8. The second kappa shape index (κ2) is 10.6. The summed E-state index contributed by atoms with van der Waals surface area (Å²) >= 11 is 0. The Hall–Kier alpha value is -1.93. The van der Waals surface area contributed by atoms with Crippen molar-refractivity contribution in [1.82, 2.24) is 14.5 Å². The maximum absolute atomic E-state index is 12.5. The van der Waals surface area contributed by atoms with Crippen molar-refractivity contribution < 1.29 is 18.0 Å². The van der Waals surface area contributed by atoms with Crippen LogP contribution in [0.25, 0.3) is 0 Å². The van der Waals surface area contributed by atoms with Gasteiger partial charge in [-0.2, -0.15) is 0 Å². The van der Waals surface area contributed by atoms with Crippen LogP contribution >= 0.6 is 0 Å². The van der Waals surface area contributed by atoms with E-state index < -0.39 is 10.0 Å². The van der Waals surface area contributed by atoms with Gasteiger partial charge in [-0.25, -0.2) is 13.1 Å². The lowest BCUT2D eigenvalue weighted by Gasteiger charge is -2.33. The van der Waals surface area contributed by atoms with Crippen molar-refractivity contribution in [2.45, 2.75) is 64.2 Å². The molecule has 0 atom stereocenters. The minimum absolute atomic E-state index is 0.0291. The largest absolute Gasteiger partial charge is 0.343 e. The third-order valence-corrected chi connectivity index (χ3v) is 7.41. The van der Waals surface area contributed by atoms with Gasteiger partial charge in [0.25, 0.3) is 0 Å². The Bertz CT molecular complexity index is 848. The Kier molecular flexibility index (Phi) is 8.65. The molecule has 0 bridgehead atoms. The number of amides is 2. The van der Waals surface area contributed by atoms with Crippen LogP contribution in [0.15, 0.2) is 29.2 Å². The Morgan fingerprint density at radius 1 is 1.06 bits per heavy atom. The minimum Gasteiger partial charge on any atom is -0.343 e. The smallest absolute Gasteiger partial charge is 0.240 e. The van der Waals surface area contributed by atoms with Gasteiger partial charge in [0.15, 0.2) is 0 Å². The van der Waals surface area contributed by atoms with E-state index in [-0.39, 0.29) is 41.0 Å². The van der Waals surface area contributed by atoms with E-state index in [0.717, 1.165) is 5.56 Å². The molecule has 0 saturated carbocycles. The molecule has 1 saturated heterocycles. The zero-order chi connectivity index (χ0) is 23.2. The van der Waals surface area contributed by atoms with Crippen molar-refractivity contribution in [3.8, 4) is 0 Å². The van der Waals surface area contributed by atoms with Gasteiger partial charge >= 0.3 is 0 Å². The van der Waals surface area contributed by atoms with Crippen LogP contribution in [0.2, 0.25) is 0 Å². The number of nitrogens with zero attached hydrogens (tertiary/aromatic N) is 2. The summed E-state index contributed by atoms with van der Waals surface area (Å²) in [5.41, 5.74) is 1.01. The van der Waals surface area contributed by atoms with E-state index >= 15 is 0 Å². The van der Waals surface area contributed by atoms with Crippen molar-refractivity contribution >= 4 is 21.8 Å². The lowest BCUT2D eigenvalue weighted by molar-refractivity contribution is -0.140. The molecule has 1 aromatic rings. The number of piperidine rings is 1. The lowest BCUT2D eigenvalue weighted by Crippen LogP contribution is -2.45. The molecule has 1 heterocycles. The molecule has 7 nitrogen and oxygen atoms in total. The molecule has 0 spiro atoms. The molecule has 1 aromatic carbocycles. The third-order valence-electron chi connectivity index (χ3n) is 5.93. The zero-order valence-electron chi connectivity index (χ0n) is 19.5.